The SMILES string of the molecule is O=C(NC(=N[C@@H](Cc1ccccc1)C(=O)O)NC(=O)OCc1ccccc1)OCc1ccccc1. The molecule has 3 aromatic carbocycles. The molecule has 3 N–H and O–H groups in total. The molecular formula is C26H25N3O6. The molecule has 3 rings (SSSR count). The van der Waals surface area contributed by atoms with Crippen molar-refractivity contribution >= 4 is 24.1 Å². The van der Waals surface area contributed by atoms with Gasteiger partial charge in [-0.3, -0.25) is 10.6 Å². The number of benzene rings is 3. The smallest absolute Gasteiger partial charge is 0.414 e. The lowest BCUT2D eigenvalue weighted by Gasteiger charge is -2.14. The van der Waals surface area contributed by atoms with Gasteiger partial charge in [-0.05, 0) is 16.7 Å². The number of ether oxygens (including phenoxy) is 2. The van der Waals surface area contributed by atoms with Gasteiger partial charge in [0.05, 0.1) is 0 Å². The Morgan fingerprint density at radius 1 is 0.686 bits per heavy atom. The van der Waals surface area contributed by atoms with Crippen LogP contribution in [-0.4, -0.2) is 35.3 Å². The third-order valence-electron chi connectivity index (χ3n) is 4.71. The average Bonchev–Trinajstić information content (AvgIpc) is 2.87. The maximum Gasteiger partial charge on any atom is 0.414 e. The molecule has 2 amide bonds. The number of carbonyl (C=O) groups is 3. The van der Waals surface area contributed by atoms with Gasteiger partial charge in [0.15, 0.2) is 6.04 Å². The van der Waals surface area contributed by atoms with Gasteiger partial charge in [-0.1, -0.05) is 91.0 Å². The van der Waals surface area contributed by atoms with E-state index in [9.17, 15) is 19.5 Å². The summed E-state index contributed by atoms with van der Waals surface area (Å²) in [7, 11) is 0. The van der Waals surface area contributed by atoms with Crippen LogP contribution >= 0.6 is 0 Å². The van der Waals surface area contributed by atoms with Crippen LogP contribution in [0.25, 0.3) is 0 Å². The molecule has 0 bridgehead atoms. The Labute approximate surface area is 202 Å². The Kier molecular flexibility index (Phi) is 9.38. The van der Waals surface area contributed by atoms with Gasteiger partial charge in [0.2, 0.25) is 5.96 Å². The first-order chi connectivity index (χ1) is 17.0. The summed E-state index contributed by atoms with van der Waals surface area (Å²) in [6.45, 7) is -0.0461. The fraction of sp³-hybridized carbons (Fsp3) is 0.154. The number of aliphatic imine (C=N–C) groups is 1. The third kappa shape index (κ3) is 9.01. The molecule has 1 atom stereocenters. The summed E-state index contributed by atoms with van der Waals surface area (Å²) in [5.41, 5.74) is 2.23. The molecule has 0 aliphatic rings. The molecular weight excluding hydrogens is 450 g/mol. The Morgan fingerprint density at radius 2 is 1.09 bits per heavy atom. The first kappa shape index (κ1) is 25.0. The largest absolute Gasteiger partial charge is 0.480 e. The van der Waals surface area contributed by atoms with Gasteiger partial charge in [0.1, 0.15) is 13.2 Å². The second-order valence-corrected chi connectivity index (χ2v) is 7.39. The Hall–Kier alpha value is -4.66. The van der Waals surface area contributed by atoms with Crippen molar-refractivity contribution < 1.29 is 29.0 Å². The number of hydrogen-bond acceptors (Lipinski definition) is 6. The Bertz CT molecular complexity index is 1080. The normalized spacial score (nSPS) is 11.0. The van der Waals surface area contributed by atoms with Gasteiger partial charge >= 0.3 is 18.2 Å². The van der Waals surface area contributed by atoms with Gasteiger partial charge in [-0.15, -0.1) is 0 Å². The minimum absolute atomic E-state index is 0.0230. The van der Waals surface area contributed by atoms with Crippen LogP contribution < -0.4 is 10.6 Å². The summed E-state index contributed by atoms with van der Waals surface area (Å²) in [5, 5.41) is 14.3. The fourth-order valence-electron chi connectivity index (χ4n) is 2.99. The molecule has 0 fully saturated rings. The van der Waals surface area contributed by atoms with Gasteiger partial charge < -0.3 is 14.6 Å². The minimum Gasteiger partial charge on any atom is -0.480 e. The number of carboxylic acids is 1. The second-order valence-electron chi connectivity index (χ2n) is 7.39. The molecule has 35 heavy (non-hydrogen) atoms. The minimum atomic E-state index is -1.28. The highest BCUT2D eigenvalue weighted by molar-refractivity contribution is 6.02. The summed E-state index contributed by atoms with van der Waals surface area (Å²) >= 11 is 0. The maximum absolute atomic E-state index is 12.3. The number of alkyl carbamates (subject to hydrolysis) is 2. The molecule has 0 aliphatic heterocycles. The monoisotopic (exact) mass is 475 g/mol. The van der Waals surface area contributed by atoms with E-state index in [0.29, 0.717) is 0 Å². The van der Waals surface area contributed by atoms with E-state index in [-0.39, 0.29) is 19.6 Å². The van der Waals surface area contributed by atoms with E-state index in [4.69, 9.17) is 9.47 Å². The van der Waals surface area contributed by atoms with Crippen LogP contribution in [0.4, 0.5) is 9.59 Å². The van der Waals surface area contributed by atoms with E-state index in [1.807, 2.05) is 18.2 Å². The number of aliphatic carboxylic acids is 1. The lowest BCUT2D eigenvalue weighted by Crippen LogP contribution is -2.45. The van der Waals surface area contributed by atoms with E-state index in [2.05, 4.69) is 15.6 Å². The molecule has 0 heterocycles. The van der Waals surface area contributed by atoms with Crippen molar-refractivity contribution in [2.45, 2.75) is 25.7 Å². The van der Waals surface area contributed by atoms with E-state index in [1.165, 1.54) is 0 Å². The number of carbonyl (C=O) groups excluding carboxylic acids is 2. The van der Waals surface area contributed by atoms with Gasteiger partial charge in [-0.25, -0.2) is 19.4 Å². The highest BCUT2D eigenvalue weighted by atomic mass is 16.6. The van der Waals surface area contributed by atoms with Crippen LogP contribution in [0, 0.1) is 0 Å². The van der Waals surface area contributed by atoms with E-state index in [0.717, 1.165) is 16.7 Å². The second kappa shape index (κ2) is 13.1. The maximum atomic E-state index is 12.3. The number of amides is 2. The van der Waals surface area contributed by atoms with Crippen LogP contribution in [0.15, 0.2) is 96.0 Å². The first-order valence-corrected chi connectivity index (χ1v) is 10.8. The van der Waals surface area contributed by atoms with Crippen LogP contribution in [0.5, 0.6) is 0 Å². The van der Waals surface area contributed by atoms with E-state index >= 15 is 0 Å². The van der Waals surface area contributed by atoms with Crippen molar-refractivity contribution in [3.05, 3.63) is 108 Å². The van der Waals surface area contributed by atoms with Gasteiger partial charge in [0.25, 0.3) is 0 Å². The average molecular weight is 476 g/mol. The molecule has 180 valence electrons. The van der Waals surface area contributed by atoms with Crippen LogP contribution in [0.2, 0.25) is 0 Å². The number of rotatable bonds is 8. The quantitative estimate of drug-likeness (QED) is 0.335. The molecule has 0 aliphatic carbocycles. The summed E-state index contributed by atoms with van der Waals surface area (Å²) in [4.78, 5) is 40.6. The Morgan fingerprint density at radius 3 is 1.49 bits per heavy atom. The van der Waals surface area contributed by atoms with Crippen molar-refractivity contribution in [1.29, 1.82) is 0 Å². The van der Waals surface area contributed by atoms with Crippen molar-refractivity contribution in [2.24, 2.45) is 4.99 Å². The molecule has 9 heteroatoms. The van der Waals surface area contributed by atoms with Crippen LogP contribution in [0.3, 0.4) is 0 Å². The highest BCUT2D eigenvalue weighted by Gasteiger charge is 2.21. The summed E-state index contributed by atoms with van der Waals surface area (Å²) in [6.07, 6.45) is -1.79. The zero-order valence-electron chi connectivity index (χ0n) is 18.8. The molecule has 3 aromatic rings. The van der Waals surface area contributed by atoms with Crippen LogP contribution in [0.1, 0.15) is 16.7 Å². The topological polar surface area (TPSA) is 126 Å². The van der Waals surface area contributed by atoms with Crippen molar-refractivity contribution in [2.75, 3.05) is 0 Å². The Balaban J connectivity index is 1.70. The van der Waals surface area contributed by atoms with E-state index in [1.54, 1.807) is 72.8 Å². The number of guanidine groups is 1. The zero-order valence-corrected chi connectivity index (χ0v) is 18.8. The summed E-state index contributed by atoms with van der Waals surface area (Å²) < 4.78 is 10.3. The van der Waals surface area contributed by atoms with E-state index < -0.39 is 30.2 Å². The lowest BCUT2D eigenvalue weighted by atomic mass is 10.1. The van der Waals surface area contributed by atoms with Crippen molar-refractivity contribution in [3.8, 4) is 0 Å². The predicted molar refractivity (Wildman–Crippen MR) is 129 cm³/mol. The predicted octanol–water partition coefficient (Wildman–Crippen LogP) is 3.89. The lowest BCUT2D eigenvalue weighted by molar-refractivity contribution is -0.138. The summed E-state index contributed by atoms with van der Waals surface area (Å²) in [5.74, 6) is -1.63. The van der Waals surface area contributed by atoms with Gasteiger partial charge in [0, 0.05) is 6.42 Å². The third-order valence-corrected chi connectivity index (χ3v) is 4.71. The number of nitrogens with one attached hydrogen (secondary N) is 2. The van der Waals surface area contributed by atoms with Crippen molar-refractivity contribution in [3.63, 3.8) is 0 Å². The molecule has 0 unspecified atom stereocenters. The highest BCUT2D eigenvalue weighted by Crippen LogP contribution is 2.07. The summed E-state index contributed by atoms with van der Waals surface area (Å²) in [6, 6.07) is 25.6. The molecule has 0 saturated heterocycles. The zero-order chi connectivity index (χ0) is 24.9. The van der Waals surface area contributed by atoms with Crippen molar-refractivity contribution in [1.82, 2.24) is 10.6 Å². The standard InChI is InChI=1S/C26H25N3O6/c30-23(31)22(16-19-10-4-1-5-11-19)27-24(28-25(32)34-17-20-12-6-2-7-13-20)29-26(33)35-18-21-14-8-3-9-15-21/h1-15,22H,16-18H2,(H,30,31)(H2,27,28,29,32,33)/t22-/m0/s1. The molecule has 0 aromatic heterocycles. The fourth-order valence-corrected chi connectivity index (χ4v) is 2.99. The molecule has 0 radical (unpaired) electrons. The van der Waals surface area contributed by atoms with Gasteiger partial charge in [-0.2, -0.15) is 0 Å². The first-order valence-electron chi connectivity index (χ1n) is 10.8. The van der Waals surface area contributed by atoms with Crippen LogP contribution in [-0.2, 0) is 33.9 Å². The molecule has 0 saturated carbocycles. The molecule has 9 nitrogen and oxygen atoms in total. The molecule has 0 spiro atoms. The number of hydrogen-bond donors (Lipinski definition) is 3. The number of carboxylic acid groups (broad SMARTS) is 1. The number of nitrogens with zero attached hydrogens (tertiary/aromatic N) is 1.